The molecule has 1 aliphatic rings. The fourth-order valence-corrected chi connectivity index (χ4v) is 2.31. The normalized spacial score (nSPS) is 24.3. The van der Waals surface area contributed by atoms with Gasteiger partial charge in [-0.05, 0) is 44.9 Å². The third-order valence-corrected chi connectivity index (χ3v) is 3.42. The first-order valence-electron chi connectivity index (χ1n) is 6.18. The molecule has 0 aromatic carbocycles. The summed E-state index contributed by atoms with van der Waals surface area (Å²) in [6.07, 6.45) is 5.77. The van der Waals surface area contributed by atoms with Gasteiger partial charge in [0.05, 0.1) is 0 Å². The molecule has 0 spiro atoms. The topological polar surface area (TPSA) is 54.0 Å². The molecule has 0 radical (unpaired) electrons. The Labute approximate surface area is 102 Å². The molecule has 2 N–H and O–H groups in total. The summed E-state index contributed by atoms with van der Waals surface area (Å²) in [5.41, 5.74) is 0. The highest BCUT2D eigenvalue weighted by molar-refractivity contribution is 5.91. The van der Waals surface area contributed by atoms with Crippen LogP contribution >= 0.6 is 0 Å². The van der Waals surface area contributed by atoms with Crippen molar-refractivity contribution in [2.75, 3.05) is 12.4 Å². The largest absolute Gasteiger partial charge is 0.317 e. The van der Waals surface area contributed by atoms with Crippen LogP contribution < -0.4 is 10.6 Å². The van der Waals surface area contributed by atoms with Crippen LogP contribution in [0.5, 0.6) is 0 Å². The van der Waals surface area contributed by atoms with Crippen LogP contribution in [0.2, 0.25) is 0 Å². The van der Waals surface area contributed by atoms with Gasteiger partial charge in [0.2, 0.25) is 5.91 Å². The van der Waals surface area contributed by atoms with Crippen molar-refractivity contribution in [3.63, 3.8) is 0 Å². The Kier molecular flexibility index (Phi) is 4.09. The number of hydrogen-bond donors (Lipinski definition) is 2. The summed E-state index contributed by atoms with van der Waals surface area (Å²) < 4.78 is 0. The Morgan fingerprint density at radius 1 is 1.29 bits per heavy atom. The van der Waals surface area contributed by atoms with E-state index in [1.165, 1.54) is 0 Å². The van der Waals surface area contributed by atoms with Crippen LogP contribution in [0.3, 0.4) is 0 Å². The first-order chi connectivity index (χ1) is 8.29. The molecule has 1 heterocycles. The molecule has 0 saturated heterocycles. The molecule has 4 heteroatoms. The predicted octanol–water partition coefficient (Wildman–Crippen LogP) is 1.80. The third kappa shape index (κ3) is 3.27. The Bertz CT molecular complexity index is 358. The van der Waals surface area contributed by atoms with E-state index in [1.54, 1.807) is 6.20 Å². The molecule has 1 saturated carbocycles. The lowest BCUT2D eigenvalue weighted by Gasteiger charge is -2.27. The molecule has 92 valence electrons. The number of nitrogens with one attached hydrogen (secondary N) is 2. The molecule has 0 atom stereocenters. The van der Waals surface area contributed by atoms with E-state index in [1.807, 2.05) is 25.2 Å². The van der Waals surface area contributed by atoms with Gasteiger partial charge in [-0.15, -0.1) is 0 Å². The zero-order chi connectivity index (χ0) is 12.1. The van der Waals surface area contributed by atoms with E-state index < -0.39 is 0 Å². The van der Waals surface area contributed by atoms with E-state index in [0.717, 1.165) is 25.7 Å². The summed E-state index contributed by atoms with van der Waals surface area (Å²) in [6, 6.07) is 6.11. The number of anilines is 1. The number of amides is 1. The van der Waals surface area contributed by atoms with Gasteiger partial charge in [-0.3, -0.25) is 4.79 Å². The number of carbonyl (C=O) groups excluding carboxylic acids is 1. The molecule has 1 amide bonds. The van der Waals surface area contributed by atoms with Gasteiger partial charge in [0, 0.05) is 18.2 Å². The molecule has 0 bridgehead atoms. The molecule has 1 aliphatic carbocycles. The number of carbonyl (C=O) groups is 1. The fourth-order valence-electron chi connectivity index (χ4n) is 2.31. The van der Waals surface area contributed by atoms with Crippen LogP contribution in [0.1, 0.15) is 25.7 Å². The quantitative estimate of drug-likeness (QED) is 0.837. The van der Waals surface area contributed by atoms with Crippen molar-refractivity contribution < 1.29 is 4.79 Å². The van der Waals surface area contributed by atoms with Crippen LogP contribution in [0, 0.1) is 5.92 Å². The molecule has 1 fully saturated rings. The molecule has 1 aromatic heterocycles. The molecular weight excluding hydrogens is 214 g/mol. The second kappa shape index (κ2) is 5.77. The molecule has 0 unspecified atom stereocenters. The van der Waals surface area contributed by atoms with Crippen molar-refractivity contribution in [1.29, 1.82) is 0 Å². The Morgan fingerprint density at radius 2 is 2.06 bits per heavy atom. The minimum atomic E-state index is 0.109. The highest BCUT2D eigenvalue weighted by atomic mass is 16.1. The van der Waals surface area contributed by atoms with E-state index in [9.17, 15) is 4.79 Å². The Balaban J connectivity index is 1.85. The zero-order valence-corrected chi connectivity index (χ0v) is 10.1. The number of aromatic nitrogens is 1. The molecule has 4 nitrogen and oxygen atoms in total. The zero-order valence-electron chi connectivity index (χ0n) is 10.1. The van der Waals surface area contributed by atoms with Crippen LogP contribution in [-0.2, 0) is 4.79 Å². The standard InChI is InChI=1S/C13H19N3O/c1-14-11-7-5-10(6-8-11)13(17)16-12-4-2-3-9-15-12/h2-4,9-11,14H,5-8H2,1H3,(H,15,16,17). The minimum absolute atomic E-state index is 0.109. The maximum atomic E-state index is 12.0. The van der Waals surface area contributed by atoms with Gasteiger partial charge in [-0.1, -0.05) is 6.07 Å². The molecule has 0 aliphatic heterocycles. The van der Waals surface area contributed by atoms with E-state index in [-0.39, 0.29) is 11.8 Å². The van der Waals surface area contributed by atoms with E-state index in [4.69, 9.17) is 0 Å². The molecular formula is C13H19N3O. The lowest BCUT2D eigenvalue weighted by Crippen LogP contribution is -2.34. The molecule has 1 aromatic rings. The van der Waals surface area contributed by atoms with Gasteiger partial charge >= 0.3 is 0 Å². The van der Waals surface area contributed by atoms with Crippen LogP contribution in [0.4, 0.5) is 5.82 Å². The Hall–Kier alpha value is -1.42. The summed E-state index contributed by atoms with van der Waals surface area (Å²) in [5, 5.41) is 6.14. The SMILES string of the molecule is CNC1CCC(C(=O)Nc2ccccn2)CC1. The van der Waals surface area contributed by atoms with Gasteiger partial charge < -0.3 is 10.6 Å². The second-order valence-electron chi connectivity index (χ2n) is 4.54. The lowest BCUT2D eigenvalue weighted by molar-refractivity contribution is -0.120. The number of nitrogens with zero attached hydrogens (tertiary/aromatic N) is 1. The smallest absolute Gasteiger partial charge is 0.228 e. The summed E-state index contributed by atoms with van der Waals surface area (Å²) in [6.45, 7) is 0. The highest BCUT2D eigenvalue weighted by Crippen LogP contribution is 2.25. The monoisotopic (exact) mass is 233 g/mol. The maximum absolute atomic E-state index is 12.0. The maximum Gasteiger partial charge on any atom is 0.228 e. The van der Waals surface area contributed by atoms with Crippen molar-refractivity contribution in [3.05, 3.63) is 24.4 Å². The van der Waals surface area contributed by atoms with E-state index in [0.29, 0.717) is 11.9 Å². The first kappa shape index (κ1) is 12.0. The van der Waals surface area contributed by atoms with Gasteiger partial charge in [0.1, 0.15) is 5.82 Å². The number of rotatable bonds is 3. The summed E-state index contributed by atoms with van der Waals surface area (Å²) >= 11 is 0. The first-order valence-corrected chi connectivity index (χ1v) is 6.18. The van der Waals surface area contributed by atoms with Crippen molar-refractivity contribution >= 4 is 11.7 Å². The van der Waals surface area contributed by atoms with Crippen molar-refractivity contribution in [2.24, 2.45) is 5.92 Å². The average molecular weight is 233 g/mol. The molecule has 17 heavy (non-hydrogen) atoms. The fraction of sp³-hybridized carbons (Fsp3) is 0.538. The summed E-state index contributed by atoms with van der Waals surface area (Å²) in [5.74, 6) is 0.896. The predicted molar refractivity (Wildman–Crippen MR) is 67.7 cm³/mol. The van der Waals surface area contributed by atoms with Crippen LogP contribution in [0.15, 0.2) is 24.4 Å². The van der Waals surface area contributed by atoms with Gasteiger partial charge in [-0.2, -0.15) is 0 Å². The van der Waals surface area contributed by atoms with Crippen molar-refractivity contribution in [2.45, 2.75) is 31.7 Å². The van der Waals surface area contributed by atoms with Crippen molar-refractivity contribution in [3.8, 4) is 0 Å². The van der Waals surface area contributed by atoms with Gasteiger partial charge in [-0.25, -0.2) is 4.98 Å². The molecule has 2 rings (SSSR count). The van der Waals surface area contributed by atoms with E-state index in [2.05, 4.69) is 15.6 Å². The third-order valence-electron chi connectivity index (χ3n) is 3.42. The van der Waals surface area contributed by atoms with Gasteiger partial charge in [0.25, 0.3) is 0 Å². The number of hydrogen-bond acceptors (Lipinski definition) is 3. The Morgan fingerprint density at radius 3 is 2.65 bits per heavy atom. The van der Waals surface area contributed by atoms with Crippen molar-refractivity contribution in [1.82, 2.24) is 10.3 Å². The van der Waals surface area contributed by atoms with Crippen LogP contribution in [-0.4, -0.2) is 24.0 Å². The minimum Gasteiger partial charge on any atom is -0.317 e. The van der Waals surface area contributed by atoms with E-state index >= 15 is 0 Å². The summed E-state index contributed by atoms with van der Waals surface area (Å²) in [7, 11) is 1.99. The lowest BCUT2D eigenvalue weighted by atomic mass is 9.85. The van der Waals surface area contributed by atoms with Crippen LogP contribution in [0.25, 0.3) is 0 Å². The van der Waals surface area contributed by atoms with Gasteiger partial charge in [0.15, 0.2) is 0 Å². The average Bonchev–Trinajstić information content (AvgIpc) is 2.40. The summed E-state index contributed by atoms with van der Waals surface area (Å²) in [4.78, 5) is 16.1. The second-order valence-corrected chi connectivity index (χ2v) is 4.54. The number of pyridine rings is 1. The highest BCUT2D eigenvalue weighted by Gasteiger charge is 2.25.